The number of hydrogen-bond acceptors (Lipinski definition) is 6. The van der Waals surface area contributed by atoms with Crippen molar-refractivity contribution in [1.82, 2.24) is 14.6 Å². The molecule has 0 aliphatic heterocycles. The predicted molar refractivity (Wildman–Crippen MR) is 131 cm³/mol. The molecule has 5 aromatic rings. The summed E-state index contributed by atoms with van der Waals surface area (Å²) in [6, 6.07) is 18.7. The Morgan fingerprint density at radius 3 is 2.70 bits per heavy atom. The topological polar surface area (TPSA) is 69.6 Å². The lowest BCUT2D eigenvalue weighted by molar-refractivity contribution is 0.309. The van der Waals surface area contributed by atoms with Crippen LogP contribution in [0.1, 0.15) is 25.5 Å². The second-order valence-corrected chi connectivity index (χ2v) is 8.87. The van der Waals surface area contributed by atoms with Crippen LogP contribution in [0, 0.1) is 0 Å². The van der Waals surface area contributed by atoms with Crippen LogP contribution in [0.2, 0.25) is 5.02 Å². The maximum atomic E-state index is 12.9. The first-order chi connectivity index (χ1) is 16.1. The Bertz CT molecular complexity index is 1520. The van der Waals surface area contributed by atoms with Crippen molar-refractivity contribution in [2.75, 3.05) is 6.61 Å². The third-order valence-corrected chi connectivity index (χ3v) is 6.39. The van der Waals surface area contributed by atoms with Gasteiger partial charge in [-0.1, -0.05) is 48.4 Å². The van der Waals surface area contributed by atoms with E-state index in [0.29, 0.717) is 38.5 Å². The van der Waals surface area contributed by atoms with E-state index in [0.717, 1.165) is 29.7 Å². The molecule has 3 aromatic heterocycles. The van der Waals surface area contributed by atoms with E-state index in [1.807, 2.05) is 60.7 Å². The summed E-state index contributed by atoms with van der Waals surface area (Å²) in [5.74, 6) is 2.52. The van der Waals surface area contributed by atoms with Crippen molar-refractivity contribution in [2.24, 2.45) is 0 Å². The summed E-state index contributed by atoms with van der Waals surface area (Å²) >= 11 is 7.52. The van der Waals surface area contributed by atoms with Crippen LogP contribution in [0.25, 0.3) is 33.7 Å². The Hall–Kier alpha value is -3.42. The van der Waals surface area contributed by atoms with E-state index in [-0.39, 0.29) is 5.56 Å². The molecule has 0 saturated heterocycles. The molecule has 0 bridgehead atoms. The van der Waals surface area contributed by atoms with Crippen molar-refractivity contribution in [3.8, 4) is 28.5 Å². The molecule has 2 aromatic carbocycles. The molecule has 5 rings (SSSR count). The highest BCUT2D eigenvalue weighted by Gasteiger charge is 2.13. The lowest BCUT2D eigenvalue weighted by atomic mass is 10.2. The summed E-state index contributed by atoms with van der Waals surface area (Å²) < 4.78 is 13.4. The van der Waals surface area contributed by atoms with Gasteiger partial charge in [-0.25, -0.2) is 0 Å². The Labute approximate surface area is 198 Å². The normalized spacial score (nSPS) is 12.0. The van der Waals surface area contributed by atoms with Gasteiger partial charge in [0.05, 0.1) is 11.6 Å². The van der Waals surface area contributed by atoms with Crippen LogP contribution in [0.3, 0.4) is 0 Å². The number of fused-ring (bicyclic) bond motifs is 1. The minimum Gasteiger partial charge on any atom is -0.494 e. The molecule has 0 radical (unpaired) electrons. The fourth-order valence-corrected chi connectivity index (χ4v) is 4.47. The van der Waals surface area contributed by atoms with Crippen LogP contribution in [0.5, 0.6) is 5.75 Å². The predicted octanol–water partition coefficient (Wildman–Crippen LogP) is 5.46. The number of hydrogen-bond donors (Lipinski definition) is 0. The number of aromatic nitrogens is 3. The first-order valence-electron chi connectivity index (χ1n) is 10.6. The summed E-state index contributed by atoms with van der Waals surface area (Å²) in [5.41, 5.74) is 1.40. The first kappa shape index (κ1) is 21.4. The Kier molecular flexibility index (Phi) is 5.98. The molecule has 33 heavy (non-hydrogen) atoms. The van der Waals surface area contributed by atoms with Gasteiger partial charge in [-0.15, -0.1) is 5.10 Å². The number of ether oxygens (including phenoxy) is 1. The van der Waals surface area contributed by atoms with Gasteiger partial charge in [0, 0.05) is 17.2 Å². The minimum atomic E-state index is -0.232. The van der Waals surface area contributed by atoms with E-state index in [9.17, 15) is 4.79 Å². The van der Waals surface area contributed by atoms with E-state index in [1.54, 1.807) is 6.08 Å². The van der Waals surface area contributed by atoms with Gasteiger partial charge in [-0.2, -0.15) is 9.50 Å². The largest absolute Gasteiger partial charge is 0.494 e. The number of halogens is 1. The van der Waals surface area contributed by atoms with Crippen molar-refractivity contribution >= 4 is 34.0 Å². The van der Waals surface area contributed by atoms with Crippen molar-refractivity contribution in [1.29, 1.82) is 0 Å². The Morgan fingerprint density at radius 1 is 1.12 bits per heavy atom. The lowest BCUT2D eigenvalue weighted by Gasteiger charge is -2.05. The Balaban J connectivity index is 1.40. The van der Waals surface area contributed by atoms with E-state index >= 15 is 0 Å². The van der Waals surface area contributed by atoms with Crippen LogP contribution >= 0.6 is 22.9 Å². The van der Waals surface area contributed by atoms with Gasteiger partial charge in [0.1, 0.15) is 21.8 Å². The molecule has 6 nitrogen and oxygen atoms in total. The van der Waals surface area contributed by atoms with Crippen LogP contribution in [0.15, 0.2) is 69.9 Å². The SMILES string of the molecule is CCCCOc1ccc(-c2nc3sc(=Cc4ccc(-c5ccccc5Cl)o4)c(=O)n3n2)cc1. The van der Waals surface area contributed by atoms with Gasteiger partial charge >= 0.3 is 0 Å². The zero-order valence-electron chi connectivity index (χ0n) is 17.8. The molecular formula is C25H20ClN3O3S. The fraction of sp³-hybridized carbons (Fsp3) is 0.160. The van der Waals surface area contributed by atoms with Gasteiger partial charge in [0.15, 0.2) is 5.82 Å². The van der Waals surface area contributed by atoms with Crippen LogP contribution in [-0.4, -0.2) is 21.2 Å². The van der Waals surface area contributed by atoms with E-state index < -0.39 is 0 Å². The average molecular weight is 478 g/mol. The van der Waals surface area contributed by atoms with Crippen molar-refractivity contribution in [2.45, 2.75) is 19.8 Å². The molecule has 0 aliphatic carbocycles. The summed E-state index contributed by atoms with van der Waals surface area (Å²) in [7, 11) is 0. The van der Waals surface area contributed by atoms with Crippen LogP contribution in [0.4, 0.5) is 0 Å². The highest BCUT2D eigenvalue weighted by atomic mass is 35.5. The number of benzene rings is 2. The third kappa shape index (κ3) is 4.42. The zero-order valence-corrected chi connectivity index (χ0v) is 19.4. The first-order valence-corrected chi connectivity index (χ1v) is 11.8. The summed E-state index contributed by atoms with van der Waals surface area (Å²) in [6.45, 7) is 2.82. The smallest absolute Gasteiger partial charge is 0.291 e. The Morgan fingerprint density at radius 2 is 1.94 bits per heavy atom. The average Bonchev–Trinajstić information content (AvgIpc) is 3.52. The number of nitrogens with zero attached hydrogens (tertiary/aromatic N) is 3. The number of thiazole rings is 1. The molecule has 0 fully saturated rings. The van der Waals surface area contributed by atoms with Gasteiger partial charge in [-0.3, -0.25) is 4.79 Å². The quantitative estimate of drug-likeness (QED) is 0.291. The van der Waals surface area contributed by atoms with E-state index in [2.05, 4.69) is 17.0 Å². The fourth-order valence-electron chi connectivity index (χ4n) is 3.36. The molecule has 0 aliphatic rings. The number of rotatable bonds is 7. The standard InChI is InChI=1S/C25H20ClN3O3S/c1-2-3-14-31-17-10-8-16(9-11-17)23-27-25-29(28-23)24(30)22(33-25)15-18-12-13-21(32-18)19-6-4-5-7-20(19)26/h4-13,15H,2-3,14H2,1H3. The highest BCUT2D eigenvalue weighted by molar-refractivity contribution is 7.15. The molecule has 0 unspecified atom stereocenters. The van der Waals surface area contributed by atoms with Crippen molar-refractivity contribution in [3.63, 3.8) is 0 Å². The molecular weight excluding hydrogens is 458 g/mol. The molecule has 0 atom stereocenters. The molecule has 3 heterocycles. The second kappa shape index (κ2) is 9.21. The van der Waals surface area contributed by atoms with Gasteiger partial charge in [0.25, 0.3) is 5.56 Å². The van der Waals surface area contributed by atoms with E-state index in [1.165, 1.54) is 15.9 Å². The molecule has 166 valence electrons. The summed E-state index contributed by atoms with van der Waals surface area (Å²) in [4.78, 5) is 17.9. The zero-order chi connectivity index (χ0) is 22.8. The molecule has 0 amide bonds. The number of furan rings is 1. The highest BCUT2D eigenvalue weighted by Crippen LogP contribution is 2.29. The minimum absolute atomic E-state index is 0.232. The van der Waals surface area contributed by atoms with Crippen LogP contribution < -0.4 is 14.8 Å². The van der Waals surface area contributed by atoms with Crippen molar-refractivity contribution in [3.05, 3.63) is 86.3 Å². The second-order valence-electron chi connectivity index (χ2n) is 7.45. The lowest BCUT2D eigenvalue weighted by Crippen LogP contribution is -2.23. The maximum Gasteiger partial charge on any atom is 0.291 e. The van der Waals surface area contributed by atoms with Gasteiger partial charge in [-0.05, 0) is 55.0 Å². The van der Waals surface area contributed by atoms with Gasteiger partial charge < -0.3 is 9.15 Å². The van der Waals surface area contributed by atoms with E-state index in [4.69, 9.17) is 20.8 Å². The van der Waals surface area contributed by atoms with Crippen LogP contribution in [-0.2, 0) is 0 Å². The molecule has 0 spiro atoms. The molecule has 0 N–H and O–H groups in total. The molecule has 8 heteroatoms. The molecule has 0 saturated carbocycles. The van der Waals surface area contributed by atoms with Crippen molar-refractivity contribution < 1.29 is 9.15 Å². The summed E-state index contributed by atoms with van der Waals surface area (Å²) in [5, 5.41) is 5.02. The number of unbranched alkanes of at least 4 members (excludes halogenated alkanes) is 1. The maximum absolute atomic E-state index is 12.9. The monoisotopic (exact) mass is 477 g/mol. The third-order valence-electron chi connectivity index (χ3n) is 5.10. The summed E-state index contributed by atoms with van der Waals surface area (Å²) in [6.07, 6.45) is 3.81. The van der Waals surface area contributed by atoms with Gasteiger partial charge in [0.2, 0.25) is 4.96 Å².